The van der Waals surface area contributed by atoms with E-state index in [1.165, 1.54) is 23.5 Å². The van der Waals surface area contributed by atoms with Gasteiger partial charge >= 0.3 is 0 Å². The van der Waals surface area contributed by atoms with Gasteiger partial charge in [0.2, 0.25) is 0 Å². The topological polar surface area (TPSA) is 88.4 Å². The molecule has 1 N–H and O–H groups in total. The van der Waals surface area contributed by atoms with Crippen molar-refractivity contribution in [3.63, 3.8) is 0 Å². The maximum Gasteiger partial charge on any atom is 0.273 e. The highest BCUT2D eigenvalue weighted by Gasteiger charge is 2.25. The normalized spacial score (nSPS) is 15.3. The summed E-state index contributed by atoms with van der Waals surface area (Å²) >= 11 is 1.33. The lowest BCUT2D eigenvalue weighted by atomic mass is 9.97. The van der Waals surface area contributed by atoms with Gasteiger partial charge in [-0.2, -0.15) is 0 Å². The summed E-state index contributed by atoms with van der Waals surface area (Å²) in [7, 11) is 1.95. The third-order valence-electron chi connectivity index (χ3n) is 4.42. The van der Waals surface area contributed by atoms with Crippen molar-refractivity contribution in [2.75, 3.05) is 26.7 Å². The van der Waals surface area contributed by atoms with Gasteiger partial charge < -0.3 is 10.2 Å². The van der Waals surface area contributed by atoms with Crippen LogP contribution in [0.15, 0.2) is 29.6 Å². The van der Waals surface area contributed by atoms with Crippen LogP contribution in [0.4, 0.5) is 5.69 Å². The zero-order valence-corrected chi connectivity index (χ0v) is 14.8. The maximum atomic E-state index is 12.6. The van der Waals surface area contributed by atoms with Crippen molar-refractivity contribution in [2.24, 2.45) is 5.92 Å². The van der Waals surface area contributed by atoms with Crippen molar-refractivity contribution in [1.82, 2.24) is 15.2 Å². The van der Waals surface area contributed by atoms with Gasteiger partial charge in [-0.1, -0.05) is 12.1 Å². The summed E-state index contributed by atoms with van der Waals surface area (Å²) in [5.41, 5.74) is 1.09. The average molecular weight is 360 g/mol. The van der Waals surface area contributed by atoms with Crippen LogP contribution < -0.4 is 5.32 Å². The van der Waals surface area contributed by atoms with E-state index in [2.05, 4.69) is 10.3 Å². The quantitative estimate of drug-likeness (QED) is 0.654. The number of carbonyl (C=O) groups is 1. The molecule has 7 nitrogen and oxygen atoms in total. The summed E-state index contributed by atoms with van der Waals surface area (Å²) in [4.78, 5) is 29.3. The zero-order chi connectivity index (χ0) is 17.8. The Morgan fingerprint density at radius 1 is 1.44 bits per heavy atom. The highest BCUT2D eigenvalue weighted by atomic mass is 32.1. The molecule has 0 saturated carbocycles. The Hall–Kier alpha value is -2.32. The number of amides is 1. The standard InChI is InChI=1S/C17H20N4O3S/c1-18-10-12-5-7-20(8-6-12)17(22)15-11-25-16(19-15)13-3-2-4-14(9-13)21(23)24/h2-4,9,11-12,18H,5-8,10H2,1H3. The first-order valence-electron chi connectivity index (χ1n) is 8.22. The molecule has 0 bridgehead atoms. The largest absolute Gasteiger partial charge is 0.337 e. The molecule has 1 fully saturated rings. The molecule has 8 heteroatoms. The smallest absolute Gasteiger partial charge is 0.273 e. The number of nitro benzene ring substituents is 1. The molecular weight excluding hydrogens is 340 g/mol. The molecule has 3 rings (SSSR count). The van der Waals surface area contributed by atoms with Crippen molar-refractivity contribution in [1.29, 1.82) is 0 Å². The number of hydrogen-bond donors (Lipinski definition) is 1. The highest BCUT2D eigenvalue weighted by Crippen LogP contribution is 2.28. The Morgan fingerprint density at radius 2 is 2.20 bits per heavy atom. The third-order valence-corrected chi connectivity index (χ3v) is 5.31. The molecule has 1 aromatic carbocycles. The van der Waals surface area contributed by atoms with Crippen molar-refractivity contribution >= 4 is 22.9 Å². The number of hydrogen-bond acceptors (Lipinski definition) is 6. The van der Waals surface area contributed by atoms with Crippen LogP contribution in [0.5, 0.6) is 0 Å². The predicted molar refractivity (Wildman–Crippen MR) is 96.8 cm³/mol. The van der Waals surface area contributed by atoms with Crippen LogP contribution in [0.1, 0.15) is 23.3 Å². The van der Waals surface area contributed by atoms with Crippen molar-refractivity contribution in [3.8, 4) is 10.6 Å². The number of benzene rings is 1. The molecule has 0 unspecified atom stereocenters. The molecule has 0 radical (unpaired) electrons. The van der Waals surface area contributed by atoms with E-state index in [9.17, 15) is 14.9 Å². The van der Waals surface area contributed by atoms with Crippen LogP contribution >= 0.6 is 11.3 Å². The van der Waals surface area contributed by atoms with Gasteiger partial charge in [0, 0.05) is 36.2 Å². The van der Waals surface area contributed by atoms with Crippen molar-refractivity contribution < 1.29 is 9.72 Å². The van der Waals surface area contributed by atoms with Gasteiger partial charge in [-0.3, -0.25) is 14.9 Å². The first-order valence-corrected chi connectivity index (χ1v) is 9.10. The Kier molecular flexibility index (Phi) is 5.40. The van der Waals surface area contributed by atoms with E-state index in [0.717, 1.165) is 32.5 Å². The van der Waals surface area contributed by atoms with Gasteiger partial charge in [0.1, 0.15) is 10.7 Å². The molecule has 1 aromatic heterocycles. The molecule has 0 aliphatic carbocycles. The minimum absolute atomic E-state index is 0.0205. The summed E-state index contributed by atoms with van der Waals surface area (Å²) in [5, 5.41) is 16.4. The van der Waals surface area contributed by atoms with Gasteiger partial charge in [0.15, 0.2) is 0 Å². The average Bonchev–Trinajstić information content (AvgIpc) is 3.12. The minimum Gasteiger partial charge on any atom is -0.337 e. The third kappa shape index (κ3) is 4.02. The minimum atomic E-state index is -0.432. The lowest BCUT2D eigenvalue weighted by Gasteiger charge is -2.31. The number of nitro groups is 1. The molecule has 132 valence electrons. The Balaban J connectivity index is 1.70. The van der Waals surface area contributed by atoms with E-state index >= 15 is 0 Å². The summed E-state index contributed by atoms with van der Waals surface area (Å²) in [6, 6.07) is 6.32. The predicted octanol–water partition coefficient (Wildman–Crippen LogP) is 2.79. The summed E-state index contributed by atoms with van der Waals surface area (Å²) in [6.45, 7) is 2.47. The fourth-order valence-corrected chi connectivity index (χ4v) is 3.84. The van der Waals surface area contributed by atoms with Crippen LogP contribution in [-0.4, -0.2) is 47.4 Å². The first kappa shape index (κ1) is 17.5. The van der Waals surface area contributed by atoms with Crippen LogP contribution in [0.3, 0.4) is 0 Å². The molecule has 1 aliphatic heterocycles. The zero-order valence-electron chi connectivity index (χ0n) is 14.0. The van der Waals surface area contributed by atoms with Gasteiger partial charge in [0.05, 0.1) is 4.92 Å². The number of rotatable bonds is 5. The molecule has 0 spiro atoms. The molecule has 1 amide bonds. The van der Waals surface area contributed by atoms with E-state index in [-0.39, 0.29) is 11.6 Å². The van der Waals surface area contributed by atoms with Crippen LogP contribution in [0.2, 0.25) is 0 Å². The second-order valence-electron chi connectivity index (χ2n) is 6.14. The molecule has 1 saturated heterocycles. The van der Waals surface area contributed by atoms with E-state index in [4.69, 9.17) is 0 Å². The van der Waals surface area contributed by atoms with E-state index in [1.807, 2.05) is 11.9 Å². The Labute approximate surface area is 149 Å². The fraction of sp³-hybridized carbons (Fsp3) is 0.412. The van der Waals surface area contributed by atoms with Gasteiger partial charge in [0.25, 0.3) is 11.6 Å². The number of thiazole rings is 1. The monoisotopic (exact) mass is 360 g/mol. The molecule has 2 heterocycles. The second-order valence-corrected chi connectivity index (χ2v) is 7.00. The number of carbonyl (C=O) groups excluding carboxylic acids is 1. The molecule has 2 aromatic rings. The Bertz CT molecular complexity index is 769. The van der Waals surface area contributed by atoms with Gasteiger partial charge in [-0.15, -0.1) is 11.3 Å². The molecular formula is C17H20N4O3S. The Morgan fingerprint density at radius 3 is 2.88 bits per heavy atom. The number of nitrogens with one attached hydrogen (secondary N) is 1. The van der Waals surface area contributed by atoms with Crippen molar-refractivity contribution in [2.45, 2.75) is 12.8 Å². The van der Waals surface area contributed by atoms with E-state index in [0.29, 0.717) is 22.2 Å². The van der Waals surface area contributed by atoms with Crippen LogP contribution in [0.25, 0.3) is 10.6 Å². The lowest BCUT2D eigenvalue weighted by molar-refractivity contribution is -0.384. The summed E-state index contributed by atoms with van der Waals surface area (Å²) in [6.07, 6.45) is 1.99. The molecule has 0 atom stereocenters. The van der Waals surface area contributed by atoms with Crippen molar-refractivity contribution in [3.05, 3.63) is 45.5 Å². The van der Waals surface area contributed by atoms with Crippen LogP contribution in [0, 0.1) is 16.0 Å². The lowest BCUT2D eigenvalue weighted by Crippen LogP contribution is -2.40. The summed E-state index contributed by atoms with van der Waals surface area (Å²) in [5.74, 6) is 0.556. The number of aromatic nitrogens is 1. The number of non-ortho nitro benzene ring substituents is 1. The molecule has 1 aliphatic rings. The SMILES string of the molecule is CNCC1CCN(C(=O)c2csc(-c3cccc([N+](=O)[O-])c3)n2)CC1. The first-order chi connectivity index (χ1) is 12.1. The summed E-state index contributed by atoms with van der Waals surface area (Å²) < 4.78 is 0. The van der Waals surface area contributed by atoms with Gasteiger partial charge in [-0.25, -0.2) is 4.98 Å². The maximum absolute atomic E-state index is 12.6. The number of nitrogens with zero attached hydrogens (tertiary/aromatic N) is 3. The number of piperidine rings is 1. The van der Waals surface area contributed by atoms with E-state index in [1.54, 1.807) is 17.5 Å². The number of likely N-dealkylation sites (tertiary alicyclic amines) is 1. The van der Waals surface area contributed by atoms with Gasteiger partial charge in [-0.05, 0) is 32.4 Å². The van der Waals surface area contributed by atoms with Crippen LogP contribution in [-0.2, 0) is 0 Å². The van der Waals surface area contributed by atoms with E-state index < -0.39 is 4.92 Å². The second kappa shape index (κ2) is 7.71. The molecule has 25 heavy (non-hydrogen) atoms. The highest BCUT2D eigenvalue weighted by molar-refractivity contribution is 7.13. The fourth-order valence-electron chi connectivity index (χ4n) is 3.05.